The van der Waals surface area contributed by atoms with E-state index in [0.717, 1.165) is 17.5 Å². The molecule has 0 saturated heterocycles. The molecule has 2 rings (SSSR count). The molecular formula is C13H20ClFN2O2S. The quantitative estimate of drug-likeness (QED) is 0.869. The summed E-state index contributed by atoms with van der Waals surface area (Å²) in [7, 11) is -3.43. The van der Waals surface area contributed by atoms with Crippen LogP contribution < -0.4 is 10.0 Å². The fraction of sp³-hybridized carbons (Fsp3) is 0.538. The van der Waals surface area contributed by atoms with Gasteiger partial charge in [-0.05, 0) is 36.1 Å². The first-order valence-corrected chi connectivity index (χ1v) is 7.96. The number of nitrogens with one attached hydrogen (secondary N) is 2. The lowest BCUT2D eigenvalue weighted by Crippen LogP contribution is -2.37. The van der Waals surface area contributed by atoms with Crippen LogP contribution >= 0.6 is 12.4 Å². The number of hydrogen-bond donors (Lipinski definition) is 2. The first-order chi connectivity index (χ1) is 9.06. The zero-order chi connectivity index (χ0) is 13.9. The predicted molar refractivity (Wildman–Crippen MR) is 79.5 cm³/mol. The molecule has 0 aromatic heterocycles. The van der Waals surface area contributed by atoms with Gasteiger partial charge in [0.05, 0.1) is 4.90 Å². The molecule has 0 unspecified atom stereocenters. The molecule has 1 aromatic rings. The molecule has 2 N–H and O–H groups in total. The molecule has 1 aliphatic heterocycles. The van der Waals surface area contributed by atoms with Gasteiger partial charge in [-0.3, -0.25) is 0 Å². The Morgan fingerprint density at radius 2 is 2.15 bits per heavy atom. The van der Waals surface area contributed by atoms with Gasteiger partial charge in [0.2, 0.25) is 10.0 Å². The van der Waals surface area contributed by atoms with E-state index in [9.17, 15) is 12.8 Å². The molecule has 1 atom stereocenters. The topological polar surface area (TPSA) is 58.2 Å². The molecule has 0 saturated carbocycles. The highest BCUT2D eigenvalue weighted by atomic mass is 35.5. The lowest BCUT2D eigenvalue weighted by molar-refractivity contribution is 0.358. The van der Waals surface area contributed by atoms with Crippen molar-refractivity contribution in [2.24, 2.45) is 0 Å². The third-order valence-corrected chi connectivity index (χ3v) is 4.72. The number of fused-ring (bicyclic) bond motifs is 1. The summed E-state index contributed by atoms with van der Waals surface area (Å²) in [6.07, 6.45) is 1.36. The summed E-state index contributed by atoms with van der Waals surface area (Å²) in [5.41, 5.74) is 1.96. The van der Waals surface area contributed by atoms with Gasteiger partial charge in [-0.15, -0.1) is 12.4 Å². The van der Waals surface area contributed by atoms with Gasteiger partial charge in [0.15, 0.2) is 0 Å². The summed E-state index contributed by atoms with van der Waals surface area (Å²) in [4.78, 5) is 0.278. The van der Waals surface area contributed by atoms with Crippen LogP contribution in [0.5, 0.6) is 0 Å². The zero-order valence-corrected chi connectivity index (χ0v) is 13.0. The molecule has 114 valence electrons. The van der Waals surface area contributed by atoms with Crippen LogP contribution in [0.1, 0.15) is 24.5 Å². The molecule has 0 fully saturated rings. The maximum absolute atomic E-state index is 12.6. The molecule has 1 heterocycles. The summed E-state index contributed by atoms with van der Waals surface area (Å²) < 4.78 is 39.2. The molecule has 0 aliphatic carbocycles. The Hall–Kier alpha value is -0.690. The van der Waals surface area contributed by atoms with E-state index in [0.29, 0.717) is 19.5 Å². The van der Waals surface area contributed by atoms with Crippen LogP contribution in [0.25, 0.3) is 0 Å². The second kappa shape index (κ2) is 7.36. The zero-order valence-electron chi connectivity index (χ0n) is 11.4. The number of hydrogen-bond acceptors (Lipinski definition) is 3. The maximum atomic E-state index is 12.6. The average Bonchev–Trinajstić information content (AvgIpc) is 2.44. The Bertz CT molecular complexity index is 551. The van der Waals surface area contributed by atoms with Crippen molar-refractivity contribution in [1.82, 2.24) is 10.0 Å². The second-order valence-electron chi connectivity index (χ2n) is 4.76. The standard InChI is InChI=1S/C13H19FN2O2S.ClH/c1-2-5-16-19(17,18)13-4-3-10-6-12(8-14)15-9-11(10)7-13;/h3-4,7,12,15-16H,2,5-6,8-9H2,1H3;1H/t12-;/m1./s1. The van der Waals surface area contributed by atoms with E-state index in [2.05, 4.69) is 10.0 Å². The van der Waals surface area contributed by atoms with E-state index >= 15 is 0 Å². The first-order valence-electron chi connectivity index (χ1n) is 6.47. The molecule has 0 spiro atoms. The largest absolute Gasteiger partial charge is 0.307 e. The highest BCUT2D eigenvalue weighted by molar-refractivity contribution is 7.89. The minimum Gasteiger partial charge on any atom is -0.307 e. The van der Waals surface area contributed by atoms with Gasteiger partial charge >= 0.3 is 0 Å². The van der Waals surface area contributed by atoms with Crippen LogP contribution in [0.15, 0.2) is 23.1 Å². The van der Waals surface area contributed by atoms with Gasteiger partial charge < -0.3 is 5.32 Å². The summed E-state index contributed by atoms with van der Waals surface area (Å²) >= 11 is 0. The van der Waals surface area contributed by atoms with Crippen LogP contribution in [-0.2, 0) is 23.0 Å². The number of benzene rings is 1. The molecule has 0 radical (unpaired) electrons. The predicted octanol–water partition coefficient (Wildman–Crippen LogP) is 1.78. The molecule has 20 heavy (non-hydrogen) atoms. The van der Waals surface area contributed by atoms with E-state index in [1.807, 2.05) is 6.92 Å². The Morgan fingerprint density at radius 3 is 2.80 bits per heavy atom. The van der Waals surface area contributed by atoms with Crippen molar-refractivity contribution in [3.63, 3.8) is 0 Å². The van der Waals surface area contributed by atoms with Crippen molar-refractivity contribution in [3.8, 4) is 0 Å². The summed E-state index contributed by atoms with van der Waals surface area (Å²) in [6, 6.07) is 4.90. The van der Waals surface area contributed by atoms with E-state index in [-0.39, 0.29) is 23.3 Å². The number of sulfonamides is 1. The third-order valence-electron chi connectivity index (χ3n) is 3.26. The highest BCUT2D eigenvalue weighted by Crippen LogP contribution is 2.21. The van der Waals surface area contributed by atoms with Gasteiger partial charge in [0.25, 0.3) is 0 Å². The molecule has 4 nitrogen and oxygen atoms in total. The lowest BCUT2D eigenvalue weighted by Gasteiger charge is -2.24. The van der Waals surface area contributed by atoms with Crippen molar-refractivity contribution in [2.45, 2.75) is 37.2 Å². The third kappa shape index (κ3) is 3.91. The Labute approximate surface area is 125 Å². The molecular weight excluding hydrogens is 303 g/mol. The van der Waals surface area contributed by atoms with Crippen LogP contribution in [0.4, 0.5) is 4.39 Å². The SMILES string of the molecule is CCCNS(=O)(=O)c1ccc2c(c1)CN[C@@H](CF)C2.Cl. The Kier molecular flexibility index (Phi) is 6.39. The number of rotatable bonds is 5. The minimum atomic E-state index is -3.43. The van der Waals surface area contributed by atoms with Crippen LogP contribution in [-0.4, -0.2) is 27.7 Å². The van der Waals surface area contributed by atoms with Crippen LogP contribution in [0, 0.1) is 0 Å². The van der Waals surface area contributed by atoms with E-state index in [4.69, 9.17) is 0 Å². The Balaban J connectivity index is 0.00000200. The average molecular weight is 323 g/mol. The first kappa shape index (κ1) is 17.4. The molecule has 0 bridgehead atoms. The highest BCUT2D eigenvalue weighted by Gasteiger charge is 2.20. The fourth-order valence-electron chi connectivity index (χ4n) is 2.15. The van der Waals surface area contributed by atoms with E-state index in [1.54, 1.807) is 18.2 Å². The van der Waals surface area contributed by atoms with Crippen molar-refractivity contribution < 1.29 is 12.8 Å². The molecule has 7 heteroatoms. The maximum Gasteiger partial charge on any atom is 0.240 e. The van der Waals surface area contributed by atoms with E-state index in [1.165, 1.54) is 0 Å². The van der Waals surface area contributed by atoms with Gasteiger partial charge in [-0.2, -0.15) is 0 Å². The van der Waals surface area contributed by atoms with Crippen LogP contribution in [0.3, 0.4) is 0 Å². The summed E-state index contributed by atoms with van der Waals surface area (Å²) in [5, 5.41) is 3.06. The van der Waals surface area contributed by atoms with Crippen molar-refractivity contribution in [3.05, 3.63) is 29.3 Å². The van der Waals surface area contributed by atoms with Crippen LogP contribution in [0.2, 0.25) is 0 Å². The smallest absolute Gasteiger partial charge is 0.240 e. The van der Waals surface area contributed by atoms with Gasteiger partial charge in [0, 0.05) is 19.1 Å². The summed E-state index contributed by atoms with van der Waals surface area (Å²) in [6.45, 7) is 2.45. The second-order valence-corrected chi connectivity index (χ2v) is 6.53. The van der Waals surface area contributed by atoms with Gasteiger partial charge in [-0.25, -0.2) is 17.5 Å². The van der Waals surface area contributed by atoms with Crippen molar-refractivity contribution >= 4 is 22.4 Å². The summed E-state index contributed by atoms with van der Waals surface area (Å²) in [5.74, 6) is 0. The van der Waals surface area contributed by atoms with Gasteiger partial charge in [-0.1, -0.05) is 13.0 Å². The monoisotopic (exact) mass is 322 g/mol. The number of alkyl halides is 1. The fourth-order valence-corrected chi connectivity index (χ4v) is 3.34. The molecule has 1 aliphatic rings. The van der Waals surface area contributed by atoms with Gasteiger partial charge in [0.1, 0.15) is 6.67 Å². The molecule has 1 aromatic carbocycles. The molecule has 0 amide bonds. The minimum absolute atomic E-state index is 0. The normalized spacial score (nSPS) is 18.2. The lowest BCUT2D eigenvalue weighted by atomic mass is 9.96. The Morgan fingerprint density at radius 1 is 1.40 bits per heavy atom. The van der Waals surface area contributed by atoms with Crippen molar-refractivity contribution in [2.75, 3.05) is 13.2 Å². The van der Waals surface area contributed by atoms with E-state index < -0.39 is 16.7 Å². The number of halogens is 2. The van der Waals surface area contributed by atoms with Crippen molar-refractivity contribution in [1.29, 1.82) is 0 Å².